The molecule has 1 N–H and O–H groups in total. The minimum absolute atomic E-state index is 0.465. The molecule has 0 aliphatic rings. The minimum atomic E-state index is 0.465. The van der Waals surface area contributed by atoms with E-state index in [1.165, 1.54) is 31.2 Å². The standard InChI is InChI=1S/C16H26ClN/c1-4-7-13(8-5-2)16(18-6-3)14-9-11-15(17)12-10-14/h9-13,16,18H,4-8H2,1-3H3. The Morgan fingerprint density at radius 1 is 1.00 bits per heavy atom. The summed E-state index contributed by atoms with van der Waals surface area (Å²) in [6, 6.07) is 8.78. The van der Waals surface area contributed by atoms with Crippen LogP contribution in [0.1, 0.15) is 58.1 Å². The maximum Gasteiger partial charge on any atom is 0.0406 e. The second-order valence-electron chi connectivity index (χ2n) is 4.92. The van der Waals surface area contributed by atoms with Crippen molar-refractivity contribution in [2.24, 2.45) is 5.92 Å². The summed E-state index contributed by atoms with van der Waals surface area (Å²) in [5, 5.41) is 4.46. The molecule has 0 saturated carbocycles. The van der Waals surface area contributed by atoms with Gasteiger partial charge in [0, 0.05) is 11.1 Å². The maximum absolute atomic E-state index is 5.97. The molecular formula is C16H26ClN. The molecule has 1 nitrogen and oxygen atoms in total. The van der Waals surface area contributed by atoms with Crippen LogP contribution in [0.25, 0.3) is 0 Å². The lowest BCUT2D eigenvalue weighted by atomic mass is 9.86. The summed E-state index contributed by atoms with van der Waals surface area (Å²) in [6.07, 6.45) is 5.07. The molecule has 1 atom stereocenters. The van der Waals surface area contributed by atoms with Crippen LogP contribution in [-0.4, -0.2) is 6.54 Å². The van der Waals surface area contributed by atoms with Crippen LogP contribution in [-0.2, 0) is 0 Å². The zero-order valence-corrected chi connectivity index (χ0v) is 12.6. The monoisotopic (exact) mass is 267 g/mol. The zero-order valence-electron chi connectivity index (χ0n) is 11.9. The van der Waals surface area contributed by atoms with Gasteiger partial charge in [-0.2, -0.15) is 0 Å². The average molecular weight is 268 g/mol. The molecule has 1 rings (SSSR count). The van der Waals surface area contributed by atoms with Gasteiger partial charge in [0.15, 0.2) is 0 Å². The predicted octanol–water partition coefficient (Wildman–Crippen LogP) is 5.21. The largest absolute Gasteiger partial charge is 0.310 e. The smallest absolute Gasteiger partial charge is 0.0406 e. The van der Waals surface area contributed by atoms with E-state index in [4.69, 9.17) is 11.6 Å². The molecule has 18 heavy (non-hydrogen) atoms. The normalized spacial score (nSPS) is 12.9. The van der Waals surface area contributed by atoms with E-state index in [1.807, 2.05) is 12.1 Å². The van der Waals surface area contributed by atoms with Gasteiger partial charge < -0.3 is 5.32 Å². The lowest BCUT2D eigenvalue weighted by Crippen LogP contribution is -2.28. The Morgan fingerprint density at radius 2 is 1.56 bits per heavy atom. The summed E-state index contributed by atoms with van der Waals surface area (Å²) >= 11 is 5.97. The van der Waals surface area contributed by atoms with E-state index < -0.39 is 0 Å². The number of rotatable bonds is 8. The molecular weight excluding hydrogens is 242 g/mol. The third-order valence-corrected chi connectivity index (χ3v) is 3.70. The summed E-state index contributed by atoms with van der Waals surface area (Å²) in [6.45, 7) is 7.73. The molecule has 1 unspecified atom stereocenters. The van der Waals surface area contributed by atoms with Crippen molar-refractivity contribution in [1.29, 1.82) is 0 Å². The summed E-state index contributed by atoms with van der Waals surface area (Å²) < 4.78 is 0. The SMILES string of the molecule is CCCC(CCC)C(NCC)c1ccc(Cl)cc1. The summed E-state index contributed by atoms with van der Waals surface area (Å²) in [7, 11) is 0. The van der Waals surface area contributed by atoms with Gasteiger partial charge in [-0.15, -0.1) is 0 Å². The highest BCUT2D eigenvalue weighted by atomic mass is 35.5. The zero-order chi connectivity index (χ0) is 13.4. The van der Waals surface area contributed by atoms with Crippen molar-refractivity contribution in [1.82, 2.24) is 5.32 Å². The lowest BCUT2D eigenvalue weighted by Gasteiger charge is -2.28. The number of nitrogens with one attached hydrogen (secondary N) is 1. The van der Waals surface area contributed by atoms with Crippen LogP contribution in [0.15, 0.2) is 24.3 Å². The molecule has 1 aromatic rings. The van der Waals surface area contributed by atoms with Crippen LogP contribution in [0.2, 0.25) is 5.02 Å². The van der Waals surface area contributed by atoms with E-state index in [9.17, 15) is 0 Å². The maximum atomic E-state index is 5.97. The fourth-order valence-corrected chi connectivity index (χ4v) is 2.79. The molecule has 2 heteroatoms. The van der Waals surface area contributed by atoms with Crippen molar-refractivity contribution in [2.45, 2.75) is 52.5 Å². The molecule has 0 aromatic heterocycles. The number of benzene rings is 1. The quantitative estimate of drug-likeness (QED) is 0.682. The first-order valence-corrected chi connectivity index (χ1v) is 7.59. The van der Waals surface area contributed by atoms with Gasteiger partial charge in [0.25, 0.3) is 0 Å². The topological polar surface area (TPSA) is 12.0 Å². The van der Waals surface area contributed by atoms with Crippen molar-refractivity contribution in [3.63, 3.8) is 0 Å². The number of halogens is 1. The lowest BCUT2D eigenvalue weighted by molar-refractivity contribution is 0.320. The van der Waals surface area contributed by atoms with Crippen LogP contribution in [0, 0.1) is 5.92 Å². The molecule has 0 aliphatic heterocycles. The van der Waals surface area contributed by atoms with E-state index in [0.29, 0.717) is 6.04 Å². The Bertz CT molecular complexity index is 314. The Kier molecular flexibility index (Phi) is 7.38. The first-order valence-electron chi connectivity index (χ1n) is 7.21. The Morgan fingerprint density at radius 3 is 2.00 bits per heavy atom. The van der Waals surface area contributed by atoms with Gasteiger partial charge in [0.05, 0.1) is 0 Å². The highest BCUT2D eigenvalue weighted by Crippen LogP contribution is 2.30. The third-order valence-electron chi connectivity index (χ3n) is 3.44. The fraction of sp³-hybridized carbons (Fsp3) is 0.625. The van der Waals surface area contributed by atoms with E-state index in [0.717, 1.165) is 17.5 Å². The predicted molar refractivity (Wildman–Crippen MR) is 81.2 cm³/mol. The van der Waals surface area contributed by atoms with Crippen molar-refractivity contribution >= 4 is 11.6 Å². The van der Waals surface area contributed by atoms with E-state index in [-0.39, 0.29) is 0 Å². The van der Waals surface area contributed by atoms with Gasteiger partial charge in [-0.05, 0) is 43.0 Å². The first kappa shape index (κ1) is 15.5. The van der Waals surface area contributed by atoms with Crippen LogP contribution in [0.5, 0.6) is 0 Å². The van der Waals surface area contributed by atoms with E-state index in [2.05, 4.69) is 38.2 Å². The molecule has 1 aromatic carbocycles. The molecule has 0 spiro atoms. The Balaban J connectivity index is 2.87. The first-order chi connectivity index (χ1) is 8.72. The minimum Gasteiger partial charge on any atom is -0.310 e. The molecule has 102 valence electrons. The van der Waals surface area contributed by atoms with Crippen molar-refractivity contribution in [2.75, 3.05) is 6.54 Å². The molecule has 0 bridgehead atoms. The molecule has 0 radical (unpaired) electrons. The second-order valence-corrected chi connectivity index (χ2v) is 5.36. The van der Waals surface area contributed by atoms with Crippen LogP contribution in [0.3, 0.4) is 0 Å². The van der Waals surface area contributed by atoms with Crippen molar-refractivity contribution in [3.8, 4) is 0 Å². The number of hydrogen-bond acceptors (Lipinski definition) is 1. The highest BCUT2D eigenvalue weighted by Gasteiger charge is 2.20. The fourth-order valence-electron chi connectivity index (χ4n) is 2.67. The number of hydrogen-bond donors (Lipinski definition) is 1. The average Bonchev–Trinajstić information content (AvgIpc) is 2.37. The van der Waals surface area contributed by atoms with Crippen LogP contribution in [0.4, 0.5) is 0 Å². The summed E-state index contributed by atoms with van der Waals surface area (Å²) in [5.41, 5.74) is 1.37. The Labute approximate surface area is 117 Å². The van der Waals surface area contributed by atoms with Gasteiger partial charge in [-0.1, -0.05) is 57.3 Å². The van der Waals surface area contributed by atoms with Crippen molar-refractivity contribution in [3.05, 3.63) is 34.9 Å². The summed E-state index contributed by atoms with van der Waals surface area (Å²) in [5.74, 6) is 0.723. The van der Waals surface area contributed by atoms with Gasteiger partial charge in [0.1, 0.15) is 0 Å². The molecule has 0 heterocycles. The van der Waals surface area contributed by atoms with Gasteiger partial charge in [0.2, 0.25) is 0 Å². The summed E-state index contributed by atoms with van der Waals surface area (Å²) in [4.78, 5) is 0. The van der Waals surface area contributed by atoms with Gasteiger partial charge in [-0.3, -0.25) is 0 Å². The third kappa shape index (κ3) is 4.62. The second kappa shape index (κ2) is 8.55. The van der Waals surface area contributed by atoms with Crippen molar-refractivity contribution < 1.29 is 0 Å². The molecule has 0 aliphatic carbocycles. The van der Waals surface area contributed by atoms with Gasteiger partial charge in [-0.25, -0.2) is 0 Å². The highest BCUT2D eigenvalue weighted by molar-refractivity contribution is 6.30. The van der Waals surface area contributed by atoms with Crippen LogP contribution >= 0.6 is 11.6 Å². The van der Waals surface area contributed by atoms with E-state index in [1.54, 1.807) is 0 Å². The van der Waals surface area contributed by atoms with E-state index >= 15 is 0 Å². The van der Waals surface area contributed by atoms with Gasteiger partial charge >= 0.3 is 0 Å². The van der Waals surface area contributed by atoms with Crippen LogP contribution < -0.4 is 5.32 Å². The molecule has 0 saturated heterocycles. The molecule has 0 fully saturated rings. The Hall–Kier alpha value is -0.530. The molecule has 0 amide bonds.